The SMILES string of the molecule is Cc1[nH]ncc1CNC(=O)N1CCC[C@H]1C(=O)O. The number of likely N-dealkylation sites (tertiary alicyclic amines) is 1. The zero-order valence-corrected chi connectivity index (χ0v) is 10.1. The first-order chi connectivity index (χ1) is 8.59. The van der Waals surface area contributed by atoms with Crippen molar-refractivity contribution in [2.75, 3.05) is 6.54 Å². The van der Waals surface area contributed by atoms with Crippen molar-refractivity contribution in [2.45, 2.75) is 32.4 Å². The van der Waals surface area contributed by atoms with Gasteiger partial charge >= 0.3 is 12.0 Å². The van der Waals surface area contributed by atoms with Gasteiger partial charge in [-0.15, -0.1) is 0 Å². The van der Waals surface area contributed by atoms with Crippen LogP contribution in [0.3, 0.4) is 0 Å². The van der Waals surface area contributed by atoms with Crippen LogP contribution in [-0.2, 0) is 11.3 Å². The molecule has 1 aromatic rings. The summed E-state index contributed by atoms with van der Waals surface area (Å²) in [6.07, 6.45) is 2.90. The Morgan fingerprint density at radius 1 is 1.67 bits per heavy atom. The second kappa shape index (κ2) is 5.07. The molecule has 0 unspecified atom stereocenters. The van der Waals surface area contributed by atoms with E-state index in [-0.39, 0.29) is 6.03 Å². The molecule has 2 amide bonds. The molecule has 98 valence electrons. The normalized spacial score (nSPS) is 18.9. The molecule has 0 saturated carbocycles. The van der Waals surface area contributed by atoms with Gasteiger partial charge in [0.2, 0.25) is 0 Å². The largest absolute Gasteiger partial charge is 0.480 e. The number of aromatic nitrogens is 2. The minimum atomic E-state index is -0.942. The fraction of sp³-hybridized carbons (Fsp3) is 0.545. The Morgan fingerprint density at radius 2 is 2.44 bits per heavy atom. The molecule has 1 aliphatic rings. The van der Waals surface area contributed by atoms with E-state index < -0.39 is 12.0 Å². The van der Waals surface area contributed by atoms with E-state index in [1.165, 1.54) is 4.90 Å². The van der Waals surface area contributed by atoms with Gasteiger partial charge in [-0.25, -0.2) is 9.59 Å². The number of aliphatic carboxylic acids is 1. The molecular weight excluding hydrogens is 236 g/mol. The molecule has 7 nitrogen and oxygen atoms in total. The minimum absolute atomic E-state index is 0.333. The average molecular weight is 252 g/mol. The second-order valence-electron chi connectivity index (χ2n) is 4.37. The monoisotopic (exact) mass is 252 g/mol. The molecule has 1 atom stereocenters. The highest BCUT2D eigenvalue weighted by molar-refractivity contribution is 5.83. The molecule has 2 rings (SSSR count). The van der Waals surface area contributed by atoms with Crippen LogP contribution in [0.2, 0.25) is 0 Å². The summed E-state index contributed by atoms with van der Waals surface area (Å²) in [5.41, 5.74) is 1.79. The Labute approximate surface area is 104 Å². The predicted octanol–water partition coefficient (Wildman–Crippen LogP) is 0.477. The maximum Gasteiger partial charge on any atom is 0.326 e. The summed E-state index contributed by atoms with van der Waals surface area (Å²) >= 11 is 0. The molecule has 0 bridgehead atoms. The summed E-state index contributed by atoms with van der Waals surface area (Å²) in [4.78, 5) is 24.2. The number of rotatable bonds is 3. The van der Waals surface area contributed by atoms with Gasteiger partial charge in [0.25, 0.3) is 0 Å². The summed E-state index contributed by atoms with van der Waals surface area (Å²) in [5, 5.41) is 18.3. The Morgan fingerprint density at radius 3 is 3.06 bits per heavy atom. The van der Waals surface area contributed by atoms with Gasteiger partial charge in [0, 0.05) is 24.3 Å². The number of urea groups is 1. The number of nitrogens with zero attached hydrogens (tertiary/aromatic N) is 2. The third-order valence-electron chi connectivity index (χ3n) is 3.16. The lowest BCUT2D eigenvalue weighted by molar-refractivity contribution is -0.141. The van der Waals surface area contributed by atoms with Crippen LogP contribution in [0.15, 0.2) is 6.20 Å². The molecule has 18 heavy (non-hydrogen) atoms. The van der Waals surface area contributed by atoms with E-state index in [0.717, 1.165) is 17.7 Å². The number of amides is 2. The molecule has 0 radical (unpaired) electrons. The molecule has 0 aliphatic carbocycles. The van der Waals surface area contributed by atoms with Gasteiger partial charge in [-0.1, -0.05) is 0 Å². The number of nitrogens with one attached hydrogen (secondary N) is 2. The number of carbonyl (C=O) groups is 2. The third kappa shape index (κ3) is 2.44. The van der Waals surface area contributed by atoms with Crippen LogP contribution in [-0.4, -0.2) is 44.8 Å². The number of carboxylic acids is 1. The summed E-state index contributed by atoms with van der Waals surface area (Å²) < 4.78 is 0. The minimum Gasteiger partial charge on any atom is -0.480 e. The van der Waals surface area contributed by atoms with Gasteiger partial charge in [-0.3, -0.25) is 5.10 Å². The Balaban J connectivity index is 1.92. The lowest BCUT2D eigenvalue weighted by atomic mass is 10.2. The number of aryl methyl sites for hydroxylation is 1. The highest BCUT2D eigenvalue weighted by atomic mass is 16.4. The van der Waals surface area contributed by atoms with Crippen LogP contribution in [0.1, 0.15) is 24.1 Å². The fourth-order valence-electron chi connectivity index (χ4n) is 2.09. The molecular formula is C11H16N4O3. The van der Waals surface area contributed by atoms with Crippen LogP contribution < -0.4 is 5.32 Å². The number of carboxylic acid groups (broad SMARTS) is 1. The van der Waals surface area contributed by atoms with Crippen LogP contribution in [0.25, 0.3) is 0 Å². The average Bonchev–Trinajstić information content (AvgIpc) is 2.94. The molecule has 7 heteroatoms. The van der Waals surface area contributed by atoms with Crippen LogP contribution in [0.4, 0.5) is 4.79 Å². The van der Waals surface area contributed by atoms with Crippen molar-refractivity contribution in [3.8, 4) is 0 Å². The van der Waals surface area contributed by atoms with Crippen molar-refractivity contribution in [2.24, 2.45) is 0 Å². The molecule has 1 saturated heterocycles. The maximum atomic E-state index is 11.9. The first-order valence-corrected chi connectivity index (χ1v) is 5.85. The van der Waals surface area contributed by atoms with Crippen molar-refractivity contribution >= 4 is 12.0 Å². The summed E-state index contributed by atoms with van der Waals surface area (Å²) in [7, 11) is 0. The Hall–Kier alpha value is -2.05. The third-order valence-corrected chi connectivity index (χ3v) is 3.16. The van der Waals surface area contributed by atoms with Crippen molar-refractivity contribution in [3.05, 3.63) is 17.5 Å². The summed E-state index contributed by atoms with van der Waals surface area (Å²) in [5.74, 6) is -0.942. The molecule has 1 aromatic heterocycles. The van der Waals surface area contributed by atoms with Crippen LogP contribution in [0, 0.1) is 6.92 Å². The van der Waals surface area contributed by atoms with Crippen LogP contribution >= 0.6 is 0 Å². The van der Waals surface area contributed by atoms with Gasteiger partial charge in [0.15, 0.2) is 0 Å². The van der Waals surface area contributed by atoms with Gasteiger partial charge in [-0.05, 0) is 19.8 Å². The zero-order chi connectivity index (χ0) is 13.1. The molecule has 0 aromatic carbocycles. The van der Waals surface area contributed by atoms with Gasteiger partial charge in [0.1, 0.15) is 6.04 Å². The number of H-pyrrole nitrogens is 1. The van der Waals surface area contributed by atoms with Crippen molar-refractivity contribution < 1.29 is 14.7 Å². The summed E-state index contributed by atoms with van der Waals surface area (Å²) in [6, 6.07) is -1.03. The number of hydrogen-bond acceptors (Lipinski definition) is 3. The first-order valence-electron chi connectivity index (χ1n) is 5.85. The quantitative estimate of drug-likeness (QED) is 0.728. The molecule has 1 fully saturated rings. The first kappa shape index (κ1) is 12.4. The highest BCUT2D eigenvalue weighted by Gasteiger charge is 2.33. The number of carbonyl (C=O) groups excluding carboxylic acids is 1. The van der Waals surface area contributed by atoms with E-state index in [1.54, 1.807) is 6.20 Å². The smallest absolute Gasteiger partial charge is 0.326 e. The highest BCUT2D eigenvalue weighted by Crippen LogP contribution is 2.17. The zero-order valence-electron chi connectivity index (χ0n) is 10.1. The Bertz CT molecular complexity index is 457. The molecule has 0 spiro atoms. The fourth-order valence-corrected chi connectivity index (χ4v) is 2.09. The standard InChI is InChI=1S/C11H16N4O3/c1-7-8(6-13-14-7)5-12-11(18)15-4-2-3-9(15)10(16)17/h6,9H,2-5H2,1H3,(H,12,18)(H,13,14)(H,16,17)/t9-/m0/s1. The van der Waals surface area contributed by atoms with Crippen molar-refractivity contribution in [3.63, 3.8) is 0 Å². The molecule has 3 N–H and O–H groups in total. The maximum absolute atomic E-state index is 11.9. The van der Waals surface area contributed by atoms with E-state index in [1.807, 2.05) is 6.92 Å². The van der Waals surface area contributed by atoms with Gasteiger partial charge in [0.05, 0.1) is 6.20 Å². The number of hydrogen-bond donors (Lipinski definition) is 3. The van der Waals surface area contributed by atoms with Gasteiger partial charge in [-0.2, -0.15) is 5.10 Å². The van der Waals surface area contributed by atoms with Gasteiger partial charge < -0.3 is 15.3 Å². The lowest BCUT2D eigenvalue weighted by Crippen LogP contribution is -2.45. The van der Waals surface area contributed by atoms with Crippen molar-refractivity contribution in [1.82, 2.24) is 20.4 Å². The topological polar surface area (TPSA) is 98.3 Å². The summed E-state index contributed by atoms with van der Waals surface area (Å²) in [6.45, 7) is 2.71. The predicted molar refractivity (Wildman–Crippen MR) is 62.9 cm³/mol. The van der Waals surface area contributed by atoms with Crippen molar-refractivity contribution in [1.29, 1.82) is 0 Å². The van der Waals surface area contributed by atoms with E-state index in [2.05, 4.69) is 15.5 Å². The second-order valence-corrected chi connectivity index (χ2v) is 4.37. The van der Waals surface area contributed by atoms with Crippen LogP contribution in [0.5, 0.6) is 0 Å². The van der Waals surface area contributed by atoms with E-state index in [0.29, 0.717) is 19.5 Å². The van der Waals surface area contributed by atoms with E-state index in [9.17, 15) is 9.59 Å². The Kier molecular flexibility index (Phi) is 3.50. The van der Waals surface area contributed by atoms with E-state index >= 15 is 0 Å². The molecule has 1 aliphatic heterocycles. The van der Waals surface area contributed by atoms with E-state index in [4.69, 9.17) is 5.11 Å². The lowest BCUT2D eigenvalue weighted by Gasteiger charge is -2.21. The molecule has 2 heterocycles. The number of aromatic amines is 1.